The van der Waals surface area contributed by atoms with Crippen LogP contribution in [0.15, 0.2) is 54.6 Å². The van der Waals surface area contributed by atoms with Gasteiger partial charge in [-0.1, -0.05) is 48.2 Å². The first-order valence-corrected chi connectivity index (χ1v) is 6.19. The number of benzene rings is 2. The van der Waals surface area contributed by atoms with Gasteiger partial charge < -0.3 is 9.84 Å². The smallest absolute Gasteiger partial charge is 0.144 e. The predicted molar refractivity (Wildman–Crippen MR) is 79.0 cm³/mol. The van der Waals surface area contributed by atoms with Crippen molar-refractivity contribution in [3.05, 3.63) is 65.7 Å². The van der Waals surface area contributed by atoms with Crippen molar-refractivity contribution in [2.45, 2.75) is 6.10 Å². The Hall–Kier alpha value is -2.68. The van der Waals surface area contributed by atoms with E-state index in [0.717, 1.165) is 5.56 Å². The lowest BCUT2D eigenvalue weighted by atomic mass is 10.1. The van der Waals surface area contributed by atoms with Crippen molar-refractivity contribution < 1.29 is 9.84 Å². The molecule has 1 unspecified atom stereocenters. The van der Waals surface area contributed by atoms with E-state index in [1.54, 1.807) is 19.2 Å². The van der Waals surface area contributed by atoms with Crippen molar-refractivity contribution in [3.8, 4) is 29.4 Å². The minimum absolute atomic E-state index is 0.616. The molecule has 0 aliphatic heterocycles. The molecule has 0 aromatic heterocycles. The number of aliphatic hydroxyl groups is 1. The molecule has 2 rings (SSSR count). The van der Waals surface area contributed by atoms with Gasteiger partial charge in [-0.15, -0.1) is 0 Å². The van der Waals surface area contributed by atoms with Crippen LogP contribution in [0.1, 0.15) is 17.2 Å². The largest absolute Gasteiger partial charge is 0.496 e. The topological polar surface area (TPSA) is 29.5 Å². The van der Waals surface area contributed by atoms with Gasteiger partial charge in [0.15, 0.2) is 0 Å². The Balaban J connectivity index is 2.11. The zero-order chi connectivity index (χ0) is 14.2. The SMILES string of the molecule is COc1ccccc1C(O)C#CC#Cc1ccccc1. The highest BCUT2D eigenvalue weighted by Gasteiger charge is 2.08. The lowest BCUT2D eigenvalue weighted by Gasteiger charge is -2.08. The van der Waals surface area contributed by atoms with Gasteiger partial charge in [0.1, 0.15) is 11.9 Å². The molecule has 0 fully saturated rings. The molecule has 0 amide bonds. The fourth-order valence-corrected chi connectivity index (χ4v) is 1.70. The van der Waals surface area contributed by atoms with Gasteiger partial charge in [0.2, 0.25) is 0 Å². The summed E-state index contributed by atoms with van der Waals surface area (Å²) in [6, 6.07) is 16.8. The first-order valence-electron chi connectivity index (χ1n) is 6.19. The second kappa shape index (κ2) is 7.04. The number of rotatable bonds is 2. The van der Waals surface area contributed by atoms with Crippen LogP contribution in [0, 0.1) is 23.7 Å². The first-order chi connectivity index (χ1) is 9.81. The Morgan fingerprint density at radius 1 is 0.950 bits per heavy atom. The molecule has 1 N–H and O–H groups in total. The van der Waals surface area contributed by atoms with Crippen molar-refractivity contribution in [1.82, 2.24) is 0 Å². The van der Waals surface area contributed by atoms with Crippen LogP contribution < -0.4 is 4.74 Å². The standard InChI is InChI=1S/C18H14O2/c1-20-18-14-8-6-12-16(18)17(19)13-7-5-11-15-9-3-2-4-10-15/h2-4,6,8-10,12,14,17,19H,1H3. The molecule has 98 valence electrons. The molecule has 0 radical (unpaired) electrons. The van der Waals surface area contributed by atoms with E-state index in [4.69, 9.17) is 4.74 Å². The van der Waals surface area contributed by atoms with E-state index >= 15 is 0 Å². The molecule has 1 atom stereocenters. The molecule has 0 saturated heterocycles. The summed E-state index contributed by atoms with van der Waals surface area (Å²) in [4.78, 5) is 0. The number of ether oxygens (including phenoxy) is 1. The zero-order valence-corrected chi connectivity index (χ0v) is 11.1. The van der Waals surface area contributed by atoms with E-state index in [9.17, 15) is 5.11 Å². The zero-order valence-electron chi connectivity index (χ0n) is 11.1. The molecule has 0 bridgehead atoms. The van der Waals surface area contributed by atoms with Gasteiger partial charge >= 0.3 is 0 Å². The minimum atomic E-state index is -0.906. The lowest BCUT2D eigenvalue weighted by Crippen LogP contribution is -1.97. The summed E-state index contributed by atoms with van der Waals surface area (Å²) in [5.74, 6) is 11.6. The molecule has 20 heavy (non-hydrogen) atoms. The third-order valence-corrected chi connectivity index (χ3v) is 2.69. The van der Waals surface area contributed by atoms with Gasteiger partial charge in [-0.2, -0.15) is 0 Å². The molecule has 0 spiro atoms. The third-order valence-electron chi connectivity index (χ3n) is 2.69. The van der Waals surface area contributed by atoms with Crippen LogP contribution in [0.4, 0.5) is 0 Å². The van der Waals surface area contributed by atoms with Gasteiger partial charge in [0, 0.05) is 11.1 Å². The molecule has 0 heterocycles. The average Bonchev–Trinajstić information content (AvgIpc) is 2.52. The van der Waals surface area contributed by atoms with Crippen LogP contribution in [-0.2, 0) is 0 Å². The summed E-state index contributed by atoms with van der Waals surface area (Å²) in [5.41, 5.74) is 1.54. The quantitative estimate of drug-likeness (QED) is 0.843. The number of hydrogen-bond donors (Lipinski definition) is 1. The Morgan fingerprint density at radius 2 is 1.65 bits per heavy atom. The number of para-hydroxylation sites is 1. The van der Waals surface area contributed by atoms with Crippen molar-refractivity contribution in [2.24, 2.45) is 0 Å². The molecule has 0 aliphatic rings. The summed E-state index contributed by atoms with van der Waals surface area (Å²) >= 11 is 0. The molecule has 0 aliphatic carbocycles. The monoisotopic (exact) mass is 262 g/mol. The van der Waals surface area contributed by atoms with E-state index in [1.807, 2.05) is 42.5 Å². The molecule has 2 aromatic rings. The summed E-state index contributed by atoms with van der Waals surface area (Å²) in [6.07, 6.45) is -0.906. The van der Waals surface area contributed by atoms with Crippen molar-refractivity contribution in [1.29, 1.82) is 0 Å². The maximum absolute atomic E-state index is 10.0. The highest BCUT2D eigenvalue weighted by atomic mass is 16.5. The summed E-state index contributed by atoms with van der Waals surface area (Å²) in [6.45, 7) is 0. The van der Waals surface area contributed by atoms with E-state index in [-0.39, 0.29) is 0 Å². The summed E-state index contributed by atoms with van der Waals surface area (Å²) in [7, 11) is 1.56. The van der Waals surface area contributed by atoms with Crippen LogP contribution in [0.3, 0.4) is 0 Å². The molecule has 2 nitrogen and oxygen atoms in total. The maximum Gasteiger partial charge on any atom is 0.144 e. The highest BCUT2D eigenvalue weighted by Crippen LogP contribution is 2.23. The fourth-order valence-electron chi connectivity index (χ4n) is 1.70. The van der Waals surface area contributed by atoms with E-state index in [1.165, 1.54) is 0 Å². The van der Waals surface area contributed by atoms with Crippen LogP contribution in [0.5, 0.6) is 5.75 Å². The Labute approximate surface area is 119 Å². The third kappa shape index (κ3) is 3.65. The van der Waals surface area contributed by atoms with Gasteiger partial charge in [0.25, 0.3) is 0 Å². The van der Waals surface area contributed by atoms with Gasteiger partial charge in [-0.25, -0.2) is 0 Å². The summed E-state index contributed by atoms with van der Waals surface area (Å²) < 4.78 is 5.18. The maximum atomic E-state index is 10.0. The molecule has 2 heteroatoms. The molecular weight excluding hydrogens is 248 g/mol. The van der Waals surface area contributed by atoms with E-state index in [0.29, 0.717) is 11.3 Å². The van der Waals surface area contributed by atoms with Gasteiger partial charge in [0.05, 0.1) is 7.11 Å². The van der Waals surface area contributed by atoms with Crippen molar-refractivity contribution >= 4 is 0 Å². The second-order valence-corrected chi connectivity index (χ2v) is 4.03. The number of aliphatic hydroxyl groups excluding tert-OH is 1. The van der Waals surface area contributed by atoms with Crippen LogP contribution in [0.2, 0.25) is 0 Å². The Bertz CT molecular complexity index is 682. The molecular formula is C18H14O2. The summed E-state index contributed by atoms with van der Waals surface area (Å²) in [5, 5.41) is 10.0. The van der Waals surface area contributed by atoms with Crippen LogP contribution in [-0.4, -0.2) is 12.2 Å². The Morgan fingerprint density at radius 3 is 2.40 bits per heavy atom. The highest BCUT2D eigenvalue weighted by molar-refractivity contribution is 5.43. The van der Waals surface area contributed by atoms with Crippen LogP contribution >= 0.6 is 0 Å². The fraction of sp³-hybridized carbons (Fsp3) is 0.111. The van der Waals surface area contributed by atoms with Gasteiger partial charge in [-0.05, 0) is 30.0 Å². The molecule has 0 saturated carbocycles. The van der Waals surface area contributed by atoms with E-state index in [2.05, 4.69) is 23.7 Å². The van der Waals surface area contributed by atoms with Crippen molar-refractivity contribution in [3.63, 3.8) is 0 Å². The molecule has 2 aromatic carbocycles. The average molecular weight is 262 g/mol. The first kappa shape index (κ1) is 13.7. The Kier molecular flexibility index (Phi) is 4.84. The normalized spacial score (nSPS) is 10.5. The van der Waals surface area contributed by atoms with Crippen LogP contribution in [0.25, 0.3) is 0 Å². The number of methoxy groups -OCH3 is 1. The predicted octanol–water partition coefficient (Wildman–Crippen LogP) is 2.78. The lowest BCUT2D eigenvalue weighted by molar-refractivity contribution is 0.232. The van der Waals surface area contributed by atoms with E-state index < -0.39 is 6.10 Å². The minimum Gasteiger partial charge on any atom is -0.496 e. The second-order valence-electron chi connectivity index (χ2n) is 4.03. The van der Waals surface area contributed by atoms with Crippen molar-refractivity contribution in [2.75, 3.05) is 7.11 Å². The number of hydrogen-bond acceptors (Lipinski definition) is 2. The van der Waals surface area contributed by atoms with Gasteiger partial charge in [-0.3, -0.25) is 0 Å².